The second kappa shape index (κ2) is 7.75. The minimum atomic E-state index is -0.0674. The van der Waals surface area contributed by atoms with Gasteiger partial charge in [0.05, 0.1) is 11.6 Å². The van der Waals surface area contributed by atoms with E-state index in [2.05, 4.69) is 50.9 Å². The summed E-state index contributed by atoms with van der Waals surface area (Å²) in [6.45, 7) is 3.55. The molecule has 1 atom stereocenters. The van der Waals surface area contributed by atoms with Crippen LogP contribution in [0, 0.1) is 0 Å². The highest BCUT2D eigenvalue weighted by atomic mass is 32.1. The van der Waals surface area contributed by atoms with Gasteiger partial charge in [-0.05, 0) is 44.1 Å². The second-order valence-corrected chi connectivity index (χ2v) is 8.08. The van der Waals surface area contributed by atoms with E-state index in [0.29, 0.717) is 12.1 Å². The number of hydrogen-bond donors (Lipinski definition) is 1. The average molecular weight is 385 g/mol. The summed E-state index contributed by atoms with van der Waals surface area (Å²) in [7, 11) is 4.23. The Balaban J connectivity index is 1.51. The van der Waals surface area contributed by atoms with Crippen LogP contribution in [0.15, 0.2) is 35.8 Å². The zero-order valence-electron chi connectivity index (χ0n) is 15.6. The van der Waals surface area contributed by atoms with Gasteiger partial charge in [0.1, 0.15) is 0 Å². The van der Waals surface area contributed by atoms with Gasteiger partial charge < -0.3 is 10.2 Å². The molecule has 1 fully saturated rings. The zero-order chi connectivity index (χ0) is 18.8. The molecule has 0 radical (unpaired) electrons. The van der Waals surface area contributed by atoms with Crippen molar-refractivity contribution in [2.24, 2.45) is 0 Å². The number of piperazine rings is 1. The predicted octanol–water partition coefficient (Wildman–Crippen LogP) is 1.68. The fourth-order valence-corrected chi connectivity index (χ4v) is 4.12. The molecule has 4 rings (SSSR count). The molecule has 27 heavy (non-hydrogen) atoms. The van der Waals surface area contributed by atoms with Crippen LogP contribution in [0.5, 0.6) is 0 Å². The Morgan fingerprint density at radius 3 is 2.96 bits per heavy atom. The van der Waals surface area contributed by atoms with Crippen molar-refractivity contribution < 1.29 is 4.79 Å². The number of carbonyl (C=O) groups excluding carboxylic acids is 1. The molecule has 3 aromatic rings. The van der Waals surface area contributed by atoms with Gasteiger partial charge in [0.2, 0.25) is 0 Å². The van der Waals surface area contributed by atoms with Gasteiger partial charge in [-0.3, -0.25) is 14.1 Å². The summed E-state index contributed by atoms with van der Waals surface area (Å²) in [6, 6.07) is 7.95. The maximum Gasteiger partial charge on any atom is 0.252 e. The molecule has 0 bridgehead atoms. The molecule has 1 unspecified atom stereocenters. The summed E-state index contributed by atoms with van der Waals surface area (Å²) in [5.74, 6) is 0.814. The predicted molar refractivity (Wildman–Crippen MR) is 106 cm³/mol. The van der Waals surface area contributed by atoms with E-state index in [0.717, 1.165) is 37.5 Å². The number of likely N-dealkylation sites (N-methyl/N-ethyl adjacent to an activating group) is 2. The van der Waals surface area contributed by atoms with Gasteiger partial charge in [-0.1, -0.05) is 6.07 Å². The monoisotopic (exact) mass is 384 g/mol. The average Bonchev–Trinajstić information content (AvgIpc) is 3.32. The van der Waals surface area contributed by atoms with Crippen LogP contribution in [0.25, 0.3) is 5.65 Å². The van der Waals surface area contributed by atoms with E-state index in [-0.39, 0.29) is 11.9 Å². The Morgan fingerprint density at radius 1 is 1.26 bits per heavy atom. The number of thiophene rings is 1. The number of nitrogens with zero attached hydrogens (tertiary/aromatic N) is 5. The molecule has 1 aliphatic rings. The highest BCUT2D eigenvalue weighted by Crippen LogP contribution is 2.22. The Hall–Kier alpha value is -2.29. The first-order valence-electron chi connectivity index (χ1n) is 9.16. The van der Waals surface area contributed by atoms with E-state index in [1.807, 2.05) is 28.8 Å². The van der Waals surface area contributed by atoms with Gasteiger partial charge in [-0.25, -0.2) is 0 Å². The lowest BCUT2D eigenvalue weighted by Gasteiger charge is -2.36. The van der Waals surface area contributed by atoms with Crippen LogP contribution in [0.3, 0.4) is 0 Å². The molecular weight excluding hydrogens is 360 g/mol. The highest BCUT2D eigenvalue weighted by Gasteiger charge is 2.28. The molecule has 8 heteroatoms. The van der Waals surface area contributed by atoms with Crippen molar-refractivity contribution in [1.82, 2.24) is 29.7 Å². The quantitative estimate of drug-likeness (QED) is 0.725. The van der Waals surface area contributed by atoms with Gasteiger partial charge in [-0.15, -0.1) is 21.5 Å². The lowest BCUT2D eigenvalue weighted by molar-refractivity contribution is 0.0953. The first-order valence-corrected chi connectivity index (χ1v) is 10.0. The van der Waals surface area contributed by atoms with Crippen molar-refractivity contribution in [2.45, 2.75) is 12.5 Å². The highest BCUT2D eigenvalue weighted by molar-refractivity contribution is 7.09. The molecule has 0 saturated carbocycles. The first kappa shape index (κ1) is 18.1. The smallest absolute Gasteiger partial charge is 0.252 e. The van der Waals surface area contributed by atoms with Crippen LogP contribution >= 0.6 is 11.3 Å². The fraction of sp³-hybridized carbons (Fsp3) is 0.421. The molecule has 0 aliphatic carbocycles. The molecular formula is C19H24N6OS. The Labute approximate surface area is 162 Å². The van der Waals surface area contributed by atoms with Crippen LogP contribution in [-0.4, -0.2) is 70.6 Å². The van der Waals surface area contributed by atoms with E-state index in [9.17, 15) is 4.79 Å². The van der Waals surface area contributed by atoms with Crippen LogP contribution < -0.4 is 5.32 Å². The number of aromatic nitrogens is 3. The lowest BCUT2D eigenvalue weighted by Crippen LogP contribution is -2.45. The van der Waals surface area contributed by atoms with E-state index < -0.39 is 0 Å². The summed E-state index contributed by atoms with van der Waals surface area (Å²) in [5, 5.41) is 13.8. The Bertz CT molecular complexity index is 922. The van der Waals surface area contributed by atoms with E-state index >= 15 is 0 Å². The molecule has 7 nitrogen and oxygen atoms in total. The molecule has 1 aliphatic heterocycles. The van der Waals surface area contributed by atoms with E-state index in [1.54, 1.807) is 11.3 Å². The Morgan fingerprint density at radius 2 is 2.15 bits per heavy atom. The SMILES string of the molecule is CN1CCN(C)C(c2nnc3ccc(C(=O)NCCc4cccs4)cn23)C1. The van der Waals surface area contributed by atoms with Gasteiger partial charge in [0, 0.05) is 37.3 Å². The number of amides is 1. The lowest BCUT2D eigenvalue weighted by atomic mass is 10.1. The van der Waals surface area contributed by atoms with Crippen LogP contribution in [0.1, 0.15) is 27.1 Å². The van der Waals surface area contributed by atoms with Gasteiger partial charge >= 0.3 is 0 Å². The molecule has 3 aromatic heterocycles. The van der Waals surface area contributed by atoms with Crippen molar-refractivity contribution in [3.8, 4) is 0 Å². The summed E-state index contributed by atoms with van der Waals surface area (Å²) in [4.78, 5) is 18.4. The number of pyridine rings is 1. The zero-order valence-corrected chi connectivity index (χ0v) is 16.4. The van der Waals surface area contributed by atoms with Crippen molar-refractivity contribution in [1.29, 1.82) is 0 Å². The minimum Gasteiger partial charge on any atom is -0.352 e. The van der Waals surface area contributed by atoms with Gasteiger partial charge in [-0.2, -0.15) is 0 Å². The van der Waals surface area contributed by atoms with E-state index in [1.165, 1.54) is 4.88 Å². The molecule has 1 N–H and O–H groups in total. The van der Waals surface area contributed by atoms with Crippen LogP contribution in [0.2, 0.25) is 0 Å². The van der Waals surface area contributed by atoms with Crippen LogP contribution in [0.4, 0.5) is 0 Å². The maximum atomic E-state index is 12.6. The second-order valence-electron chi connectivity index (χ2n) is 7.05. The standard InChI is InChI=1S/C19H24N6OS/c1-23-9-10-24(2)16(13-23)18-22-21-17-6-5-14(12-25(17)18)19(26)20-8-7-15-4-3-11-27-15/h3-6,11-12,16H,7-10,13H2,1-2H3,(H,20,26). The van der Waals surface area contributed by atoms with Crippen molar-refractivity contribution in [3.05, 3.63) is 52.1 Å². The van der Waals surface area contributed by atoms with Crippen molar-refractivity contribution in [2.75, 3.05) is 40.3 Å². The van der Waals surface area contributed by atoms with Crippen LogP contribution in [-0.2, 0) is 6.42 Å². The molecule has 142 valence electrons. The maximum absolute atomic E-state index is 12.6. The van der Waals surface area contributed by atoms with Crippen molar-refractivity contribution >= 4 is 22.9 Å². The third-order valence-electron chi connectivity index (χ3n) is 5.08. The third-order valence-corrected chi connectivity index (χ3v) is 6.01. The Kier molecular flexibility index (Phi) is 5.20. The normalized spacial score (nSPS) is 18.8. The number of rotatable bonds is 5. The summed E-state index contributed by atoms with van der Waals surface area (Å²) >= 11 is 1.71. The first-order chi connectivity index (χ1) is 13.1. The largest absolute Gasteiger partial charge is 0.352 e. The molecule has 1 saturated heterocycles. The number of nitrogens with one attached hydrogen (secondary N) is 1. The van der Waals surface area contributed by atoms with Crippen molar-refractivity contribution in [3.63, 3.8) is 0 Å². The van der Waals surface area contributed by atoms with Gasteiger partial charge in [0.15, 0.2) is 11.5 Å². The molecule has 4 heterocycles. The van der Waals surface area contributed by atoms with Gasteiger partial charge in [0.25, 0.3) is 5.91 Å². The summed E-state index contributed by atoms with van der Waals surface area (Å²) in [6.07, 6.45) is 2.70. The topological polar surface area (TPSA) is 65.8 Å². The summed E-state index contributed by atoms with van der Waals surface area (Å²) < 4.78 is 1.95. The number of hydrogen-bond acceptors (Lipinski definition) is 6. The third kappa shape index (κ3) is 3.87. The summed E-state index contributed by atoms with van der Waals surface area (Å²) in [5.41, 5.74) is 1.39. The fourth-order valence-electron chi connectivity index (χ4n) is 3.42. The molecule has 0 spiro atoms. The minimum absolute atomic E-state index is 0.0674. The molecule has 0 aromatic carbocycles. The van der Waals surface area contributed by atoms with E-state index in [4.69, 9.17) is 0 Å². The number of fused-ring (bicyclic) bond motifs is 1. The number of carbonyl (C=O) groups is 1. The molecule has 1 amide bonds.